The van der Waals surface area contributed by atoms with Crippen LogP contribution in [0.25, 0.3) is 17.1 Å². The van der Waals surface area contributed by atoms with Gasteiger partial charge in [0.15, 0.2) is 0 Å². The maximum Gasteiger partial charge on any atom is 0.119 e. The zero-order valence-electron chi connectivity index (χ0n) is 14.1. The normalized spacial score (nSPS) is 13.5. The average molecular weight is 306 g/mol. The van der Waals surface area contributed by atoms with Gasteiger partial charge in [-0.3, -0.25) is 0 Å². The number of nitrogens with zero attached hydrogens (tertiary/aromatic N) is 1. The summed E-state index contributed by atoms with van der Waals surface area (Å²) in [6, 6.07) is 14.7. The zero-order valence-corrected chi connectivity index (χ0v) is 14.1. The number of nitrogens with one attached hydrogen (secondary N) is 1. The van der Waals surface area contributed by atoms with Crippen molar-refractivity contribution in [1.29, 1.82) is 0 Å². The van der Waals surface area contributed by atoms with Crippen molar-refractivity contribution < 1.29 is 4.74 Å². The van der Waals surface area contributed by atoms with Gasteiger partial charge < -0.3 is 15.0 Å². The third kappa shape index (κ3) is 2.70. The highest BCUT2D eigenvalue weighted by Gasteiger charge is 2.24. The Bertz CT molecular complexity index is 786. The van der Waals surface area contributed by atoms with Crippen LogP contribution in [0.1, 0.15) is 22.3 Å². The third-order valence-corrected chi connectivity index (χ3v) is 4.11. The minimum absolute atomic E-state index is 0.837. The minimum Gasteiger partial charge on any atom is -0.497 e. The molecular weight excluding hydrogens is 284 g/mol. The molecule has 0 fully saturated rings. The minimum atomic E-state index is 0.837. The lowest BCUT2D eigenvalue weighted by molar-refractivity contribution is 0.414. The average Bonchev–Trinajstić information content (AvgIpc) is 2.54. The molecule has 0 saturated carbocycles. The highest BCUT2D eigenvalue weighted by Crippen LogP contribution is 2.37. The van der Waals surface area contributed by atoms with Gasteiger partial charge in [-0.25, -0.2) is 0 Å². The van der Waals surface area contributed by atoms with Crippen molar-refractivity contribution in [3.63, 3.8) is 0 Å². The zero-order chi connectivity index (χ0) is 16.6. The van der Waals surface area contributed by atoms with Crippen LogP contribution in [-0.2, 0) is 0 Å². The van der Waals surface area contributed by atoms with Crippen LogP contribution < -0.4 is 10.1 Å². The first-order chi connectivity index (χ1) is 11.0. The molecule has 1 heterocycles. The van der Waals surface area contributed by atoms with E-state index >= 15 is 0 Å². The highest BCUT2D eigenvalue weighted by atomic mass is 16.5. The van der Waals surface area contributed by atoms with E-state index < -0.39 is 0 Å². The molecule has 0 aromatic heterocycles. The second-order valence-corrected chi connectivity index (χ2v) is 6.00. The second-order valence-electron chi connectivity index (χ2n) is 6.00. The predicted molar refractivity (Wildman–Crippen MR) is 96.8 cm³/mol. The van der Waals surface area contributed by atoms with Gasteiger partial charge in [-0.2, -0.15) is 0 Å². The molecule has 0 saturated heterocycles. The molecule has 0 bridgehead atoms. The van der Waals surface area contributed by atoms with E-state index in [0.717, 1.165) is 39.5 Å². The lowest BCUT2D eigenvalue weighted by Gasteiger charge is -2.31. The molecule has 3 nitrogen and oxygen atoms in total. The Morgan fingerprint density at radius 1 is 1.00 bits per heavy atom. The lowest BCUT2D eigenvalue weighted by atomic mass is 9.93. The highest BCUT2D eigenvalue weighted by molar-refractivity contribution is 5.99. The molecular formula is C20H22N2O. The van der Waals surface area contributed by atoms with Gasteiger partial charge in [0.2, 0.25) is 0 Å². The Morgan fingerprint density at radius 2 is 1.70 bits per heavy atom. The summed E-state index contributed by atoms with van der Waals surface area (Å²) in [5.74, 6) is 0.837. The topological polar surface area (TPSA) is 24.5 Å². The fourth-order valence-electron chi connectivity index (χ4n) is 2.91. The lowest BCUT2D eigenvalue weighted by Crippen LogP contribution is -2.24. The van der Waals surface area contributed by atoms with Crippen molar-refractivity contribution in [3.8, 4) is 5.75 Å². The van der Waals surface area contributed by atoms with E-state index in [9.17, 15) is 0 Å². The van der Waals surface area contributed by atoms with Crippen LogP contribution in [0.4, 0.5) is 0 Å². The van der Waals surface area contributed by atoms with Crippen LogP contribution in [0.3, 0.4) is 0 Å². The van der Waals surface area contributed by atoms with Gasteiger partial charge in [0.05, 0.1) is 18.5 Å². The first-order valence-corrected chi connectivity index (χ1v) is 7.64. The number of fused-ring (bicyclic) bond motifs is 1. The fourth-order valence-corrected chi connectivity index (χ4v) is 2.91. The number of hydrogen-bond acceptors (Lipinski definition) is 3. The van der Waals surface area contributed by atoms with E-state index in [1.54, 1.807) is 7.11 Å². The first-order valence-electron chi connectivity index (χ1n) is 7.64. The van der Waals surface area contributed by atoms with Gasteiger partial charge in [0.1, 0.15) is 5.75 Å². The van der Waals surface area contributed by atoms with Crippen molar-refractivity contribution in [2.45, 2.75) is 6.92 Å². The molecule has 2 aromatic rings. The molecule has 2 aromatic carbocycles. The molecule has 3 rings (SSSR count). The summed E-state index contributed by atoms with van der Waals surface area (Å²) in [4.78, 5) is 2.14. The summed E-state index contributed by atoms with van der Waals surface area (Å²) in [7, 11) is 5.81. The monoisotopic (exact) mass is 306 g/mol. The van der Waals surface area contributed by atoms with Crippen LogP contribution in [0, 0.1) is 6.92 Å². The molecule has 0 spiro atoms. The molecule has 1 aliphatic heterocycles. The van der Waals surface area contributed by atoms with Crippen molar-refractivity contribution in [1.82, 2.24) is 10.2 Å². The molecule has 3 heteroatoms. The van der Waals surface area contributed by atoms with Gasteiger partial charge in [0.25, 0.3) is 0 Å². The summed E-state index contributed by atoms with van der Waals surface area (Å²) in [5, 5.41) is 3.48. The van der Waals surface area contributed by atoms with E-state index in [2.05, 4.69) is 68.1 Å². The Morgan fingerprint density at radius 3 is 2.30 bits per heavy atom. The van der Waals surface area contributed by atoms with Crippen molar-refractivity contribution in [2.24, 2.45) is 0 Å². The maximum absolute atomic E-state index is 5.35. The first kappa shape index (κ1) is 15.2. The van der Waals surface area contributed by atoms with Gasteiger partial charge in [-0.1, -0.05) is 36.4 Å². The number of methoxy groups -OCH3 is 1. The van der Waals surface area contributed by atoms with Gasteiger partial charge in [0, 0.05) is 36.5 Å². The molecule has 23 heavy (non-hydrogen) atoms. The number of benzene rings is 2. The molecule has 0 radical (unpaired) electrons. The number of rotatable bonds is 3. The van der Waals surface area contributed by atoms with Crippen LogP contribution in [0.2, 0.25) is 0 Å². The van der Waals surface area contributed by atoms with Crippen LogP contribution >= 0.6 is 0 Å². The Balaban J connectivity index is 2.22. The maximum atomic E-state index is 5.35. The Labute approximate surface area is 137 Å². The molecule has 0 aliphatic carbocycles. The van der Waals surface area contributed by atoms with Crippen LogP contribution in [-0.4, -0.2) is 26.1 Å². The molecule has 0 amide bonds. The van der Waals surface area contributed by atoms with E-state index in [1.807, 2.05) is 12.1 Å². The van der Waals surface area contributed by atoms with Gasteiger partial charge in [-0.15, -0.1) is 0 Å². The number of ether oxygens (including phenoxy) is 1. The Hall–Kier alpha value is -2.68. The van der Waals surface area contributed by atoms with Crippen LogP contribution in [0.5, 0.6) is 5.75 Å². The smallest absolute Gasteiger partial charge is 0.119 e. The quantitative estimate of drug-likeness (QED) is 0.929. The third-order valence-electron chi connectivity index (χ3n) is 4.11. The second kappa shape index (κ2) is 5.84. The van der Waals surface area contributed by atoms with E-state index in [1.165, 1.54) is 5.56 Å². The van der Waals surface area contributed by atoms with E-state index in [-0.39, 0.29) is 0 Å². The van der Waals surface area contributed by atoms with Gasteiger partial charge in [-0.05, 0) is 25.1 Å². The van der Waals surface area contributed by atoms with Crippen molar-refractivity contribution >= 4 is 17.1 Å². The molecule has 0 atom stereocenters. The number of hydrogen-bond donors (Lipinski definition) is 1. The van der Waals surface area contributed by atoms with Crippen molar-refractivity contribution in [3.05, 3.63) is 71.3 Å². The molecule has 1 N–H and O–H groups in total. The van der Waals surface area contributed by atoms with E-state index in [4.69, 9.17) is 4.74 Å². The molecule has 1 aliphatic rings. The SMILES string of the molecule is C=C1NC(c2ccc(C)cc2)=C(N(C)C)c2ccc(OC)cc21. The number of aryl methyl sites for hydroxylation is 1. The summed E-state index contributed by atoms with van der Waals surface area (Å²) in [6.45, 7) is 6.30. The molecule has 118 valence electrons. The standard InChI is InChI=1S/C20H22N2O/c1-13-6-8-15(9-7-13)19-20(22(3)4)17-11-10-16(23-5)12-18(17)14(2)21-19/h6-12,21H,2H2,1,3-5H3. The summed E-state index contributed by atoms with van der Waals surface area (Å²) < 4.78 is 5.35. The summed E-state index contributed by atoms with van der Waals surface area (Å²) in [5.41, 5.74) is 7.76. The van der Waals surface area contributed by atoms with Crippen molar-refractivity contribution in [2.75, 3.05) is 21.2 Å². The Kier molecular flexibility index (Phi) is 3.87. The molecule has 0 unspecified atom stereocenters. The van der Waals surface area contributed by atoms with Gasteiger partial charge >= 0.3 is 0 Å². The summed E-state index contributed by atoms with van der Waals surface area (Å²) >= 11 is 0. The largest absolute Gasteiger partial charge is 0.497 e. The summed E-state index contributed by atoms with van der Waals surface area (Å²) in [6.07, 6.45) is 0. The predicted octanol–water partition coefficient (Wildman–Crippen LogP) is 3.96. The van der Waals surface area contributed by atoms with E-state index in [0.29, 0.717) is 0 Å². The van der Waals surface area contributed by atoms with Crippen LogP contribution in [0.15, 0.2) is 49.0 Å². The fraction of sp³-hybridized carbons (Fsp3) is 0.200.